The molecule has 5 heteroatoms. The largest absolute Gasteiger partial charge is 0.481 e. The number of nitrogens with zero attached hydrogens (tertiary/aromatic N) is 1. The highest BCUT2D eigenvalue weighted by Gasteiger charge is 2.24. The molecule has 5 nitrogen and oxygen atoms in total. The molecule has 1 rings (SSSR count). The lowest BCUT2D eigenvalue weighted by Gasteiger charge is -2.20. The van der Waals surface area contributed by atoms with E-state index in [4.69, 9.17) is 5.11 Å². The van der Waals surface area contributed by atoms with Crippen molar-refractivity contribution >= 4 is 11.9 Å². The molecule has 0 spiro atoms. The molecule has 0 aromatic rings. The molecule has 0 aromatic carbocycles. The Hall–Kier alpha value is -1.10. The van der Waals surface area contributed by atoms with Crippen molar-refractivity contribution in [2.75, 3.05) is 20.1 Å². The zero-order valence-electron chi connectivity index (χ0n) is 8.32. The van der Waals surface area contributed by atoms with Gasteiger partial charge in [-0.1, -0.05) is 0 Å². The van der Waals surface area contributed by atoms with E-state index in [0.29, 0.717) is 0 Å². The molecule has 1 aliphatic heterocycles. The fraction of sp³-hybridized carbons (Fsp3) is 0.778. The van der Waals surface area contributed by atoms with Crippen LogP contribution in [0.2, 0.25) is 0 Å². The third kappa shape index (κ3) is 2.99. The average molecular weight is 200 g/mol. The topological polar surface area (TPSA) is 69.6 Å². The van der Waals surface area contributed by atoms with Gasteiger partial charge in [0.1, 0.15) is 0 Å². The monoisotopic (exact) mass is 200 g/mol. The minimum atomic E-state index is -0.871. The minimum Gasteiger partial charge on any atom is -0.481 e. The lowest BCUT2D eigenvalue weighted by atomic mass is 10.2. The quantitative estimate of drug-likeness (QED) is 0.652. The molecular formula is C9H16N2O3. The summed E-state index contributed by atoms with van der Waals surface area (Å²) in [5.74, 6) is -0.868. The second kappa shape index (κ2) is 4.95. The summed E-state index contributed by atoms with van der Waals surface area (Å²) < 4.78 is 0. The molecule has 0 aromatic heterocycles. The smallest absolute Gasteiger partial charge is 0.305 e. The summed E-state index contributed by atoms with van der Waals surface area (Å²) in [6.07, 6.45) is 1.88. The Morgan fingerprint density at radius 3 is 2.79 bits per heavy atom. The van der Waals surface area contributed by atoms with Crippen molar-refractivity contribution < 1.29 is 14.7 Å². The molecule has 2 N–H and O–H groups in total. The maximum Gasteiger partial charge on any atom is 0.305 e. The first-order chi connectivity index (χ1) is 6.61. The molecule has 80 valence electrons. The van der Waals surface area contributed by atoms with Crippen molar-refractivity contribution in [2.45, 2.75) is 25.3 Å². The number of carboxylic acid groups (broad SMARTS) is 1. The normalized spacial score (nSPS) is 20.8. The van der Waals surface area contributed by atoms with Crippen LogP contribution in [0.1, 0.15) is 19.3 Å². The number of hydrogen-bond acceptors (Lipinski definition) is 3. The number of carbonyl (C=O) groups is 2. The maximum absolute atomic E-state index is 11.6. The van der Waals surface area contributed by atoms with Gasteiger partial charge in [0.15, 0.2) is 0 Å². The molecule has 14 heavy (non-hydrogen) atoms. The summed E-state index contributed by atoms with van der Waals surface area (Å²) in [5.41, 5.74) is 0. The van der Waals surface area contributed by atoms with E-state index >= 15 is 0 Å². The molecule has 1 heterocycles. The van der Waals surface area contributed by atoms with Crippen LogP contribution in [0.15, 0.2) is 0 Å². The van der Waals surface area contributed by atoms with Gasteiger partial charge in [-0.3, -0.25) is 9.59 Å². The number of carboxylic acids is 1. The van der Waals surface area contributed by atoms with E-state index in [9.17, 15) is 9.59 Å². The van der Waals surface area contributed by atoms with Crippen LogP contribution in [0.4, 0.5) is 0 Å². The molecule has 1 amide bonds. The lowest BCUT2D eigenvalue weighted by molar-refractivity contribution is -0.138. The molecule has 0 aliphatic carbocycles. The SMILES string of the molecule is CN(CCC(=O)O)C(=O)C1CCCN1. The van der Waals surface area contributed by atoms with Crippen LogP contribution >= 0.6 is 0 Å². The standard InChI is InChI=1S/C9H16N2O3/c1-11(6-4-8(12)13)9(14)7-3-2-5-10-7/h7,10H,2-6H2,1H3,(H,12,13). The summed E-state index contributed by atoms with van der Waals surface area (Å²) in [6, 6.07) is -0.103. The molecular weight excluding hydrogens is 184 g/mol. The Morgan fingerprint density at radius 2 is 2.29 bits per heavy atom. The van der Waals surface area contributed by atoms with Gasteiger partial charge in [-0.25, -0.2) is 0 Å². The van der Waals surface area contributed by atoms with Crippen molar-refractivity contribution in [3.8, 4) is 0 Å². The molecule has 1 saturated heterocycles. The maximum atomic E-state index is 11.6. The Labute approximate surface area is 83.1 Å². The van der Waals surface area contributed by atoms with Crippen LogP contribution in [-0.4, -0.2) is 48.1 Å². The van der Waals surface area contributed by atoms with Crippen molar-refractivity contribution in [1.82, 2.24) is 10.2 Å². The van der Waals surface area contributed by atoms with E-state index in [0.717, 1.165) is 19.4 Å². The van der Waals surface area contributed by atoms with E-state index in [1.807, 2.05) is 0 Å². The zero-order valence-corrected chi connectivity index (χ0v) is 8.32. The average Bonchev–Trinajstić information content (AvgIpc) is 2.65. The summed E-state index contributed by atoms with van der Waals surface area (Å²) in [7, 11) is 1.64. The Bertz CT molecular complexity index is 224. The van der Waals surface area contributed by atoms with Crippen LogP contribution < -0.4 is 5.32 Å². The first-order valence-corrected chi connectivity index (χ1v) is 4.81. The predicted octanol–water partition coefficient (Wildman–Crippen LogP) is -0.328. The number of amides is 1. The van der Waals surface area contributed by atoms with E-state index in [1.54, 1.807) is 7.05 Å². The Kier molecular flexibility index (Phi) is 3.88. The van der Waals surface area contributed by atoms with Gasteiger partial charge in [0.25, 0.3) is 0 Å². The molecule has 1 unspecified atom stereocenters. The van der Waals surface area contributed by atoms with Crippen molar-refractivity contribution in [3.05, 3.63) is 0 Å². The number of aliphatic carboxylic acids is 1. The first-order valence-electron chi connectivity index (χ1n) is 4.81. The number of nitrogens with one attached hydrogen (secondary N) is 1. The number of hydrogen-bond donors (Lipinski definition) is 2. The van der Waals surface area contributed by atoms with Gasteiger partial charge in [0, 0.05) is 13.6 Å². The molecule has 0 bridgehead atoms. The highest BCUT2D eigenvalue weighted by molar-refractivity contribution is 5.82. The Balaban J connectivity index is 2.31. The van der Waals surface area contributed by atoms with Crippen LogP contribution in [0, 0.1) is 0 Å². The summed E-state index contributed by atoms with van der Waals surface area (Å²) in [5, 5.41) is 11.5. The second-order valence-corrected chi connectivity index (χ2v) is 3.55. The highest BCUT2D eigenvalue weighted by atomic mass is 16.4. The zero-order chi connectivity index (χ0) is 10.6. The predicted molar refractivity (Wildman–Crippen MR) is 50.9 cm³/mol. The van der Waals surface area contributed by atoms with E-state index in [1.165, 1.54) is 4.90 Å². The van der Waals surface area contributed by atoms with Crippen LogP contribution in [-0.2, 0) is 9.59 Å². The van der Waals surface area contributed by atoms with Crippen LogP contribution in [0.5, 0.6) is 0 Å². The first kappa shape index (κ1) is 11.0. The van der Waals surface area contributed by atoms with Gasteiger partial charge in [-0.2, -0.15) is 0 Å². The van der Waals surface area contributed by atoms with Gasteiger partial charge in [0.05, 0.1) is 12.5 Å². The van der Waals surface area contributed by atoms with Crippen molar-refractivity contribution in [2.24, 2.45) is 0 Å². The molecule has 0 saturated carbocycles. The van der Waals surface area contributed by atoms with Crippen molar-refractivity contribution in [1.29, 1.82) is 0 Å². The summed E-state index contributed by atoms with van der Waals surface area (Å²) in [6.45, 7) is 1.16. The van der Waals surface area contributed by atoms with Crippen LogP contribution in [0.3, 0.4) is 0 Å². The third-order valence-corrected chi connectivity index (χ3v) is 2.40. The van der Waals surface area contributed by atoms with Gasteiger partial charge in [-0.05, 0) is 19.4 Å². The highest BCUT2D eigenvalue weighted by Crippen LogP contribution is 2.07. The van der Waals surface area contributed by atoms with Gasteiger partial charge in [-0.15, -0.1) is 0 Å². The van der Waals surface area contributed by atoms with Gasteiger partial charge in [0.2, 0.25) is 5.91 Å². The molecule has 1 atom stereocenters. The van der Waals surface area contributed by atoms with E-state index in [2.05, 4.69) is 5.32 Å². The van der Waals surface area contributed by atoms with Crippen LogP contribution in [0.25, 0.3) is 0 Å². The number of carbonyl (C=O) groups excluding carboxylic acids is 1. The van der Waals surface area contributed by atoms with E-state index in [-0.39, 0.29) is 24.9 Å². The van der Waals surface area contributed by atoms with Gasteiger partial charge >= 0.3 is 5.97 Å². The molecule has 1 aliphatic rings. The summed E-state index contributed by atoms with van der Waals surface area (Å²) >= 11 is 0. The molecule has 1 fully saturated rings. The fourth-order valence-electron chi connectivity index (χ4n) is 1.53. The Morgan fingerprint density at radius 1 is 1.57 bits per heavy atom. The van der Waals surface area contributed by atoms with E-state index < -0.39 is 5.97 Å². The number of likely N-dealkylation sites (N-methyl/N-ethyl adjacent to an activating group) is 1. The number of rotatable bonds is 4. The third-order valence-electron chi connectivity index (χ3n) is 2.40. The fourth-order valence-corrected chi connectivity index (χ4v) is 1.53. The minimum absolute atomic E-state index is 0.00347. The second-order valence-electron chi connectivity index (χ2n) is 3.55. The summed E-state index contributed by atoms with van der Waals surface area (Å²) in [4.78, 5) is 23.4. The van der Waals surface area contributed by atoms with Gasteiger partial charge < -0.3 is 15.3 Å². The lowest BCUT2D eigenvalue weighted by Crippen LogP contribution is -2.42. The van der Waals surface area contributed by atoms with Crippen molar-refractivity contribution in [3.63, 3.8) is 0 Å². The molecule has 0 radical (unpaired) electrons.